The molecule has 3 heterocycles. The molecule has 1 unspecified atom stereocenters. The number of methoxy groups -OCH3 is 1. The first-order valence-corrected chi connectivity index (χ1v) is 10.8. The van der Waals surface area contributed by atoms with E-state index in [9.17, 15) is 4.79 Å². The van der Waals surface area contributed by atoms with Crippen molar-refractivity contribution in [1.29, 1.82) is 0 Å². The fourth-order valence-electron chi connectivity index (χ4n) is 4.20. The summed E-state index contributed by atoms with van der Waals surface area (Å²) < 4.78 is 7.09. The smallest absolute Gasteiger partial charge is 0.313 e. The van der Waals surface area contributed by atoms with E-state index in [-0.39, 0.29) is 11.4 Å². The van der Waals surface area contributed by atoms with E-state index in [1.807, 2.05) is 29.8 Å². The number of carbonyl (C=O) groups excluding carboxylic acids is 1. The molecule has 4 rings (SSSR count). The van der Waals surface area contributed by atoms with Gasteiger partial charge in [-0.25, -0.2) is 9.50 Å². The predicted octanol–water partition coefficient (Wildman–Crippen LogP) is 5.54. The molecule has 0 saturated carbocycles. The highest BCUT2D eigenvalue weighted by Crippen LogP contribution is 2.37. The number of nitrogens with one attached hydrogen (secondary N) is 1. The van der Waals surface area contributed by atoms with E-state index >= 15 is 0 Å². The van der Waals surface area contributed by atoms with E-state index in [1.54, 1.807) is 0 Å². The number of rotatable bonds is 5. The molecule has 0 spiro atoms. The lowest BCUT2D eigenvalue weighted by atomic mass is 9.89. The molecule has 6 nitrogen and oxygen atoms in total. The van der Waals surface area contributed by atoms with Crippen molar-refractivity contribution in [2.75, 3.05) is 7.11 Å². The van der Waals surface area contributed by atoms with Gasteiger partial charge in [0.15, 0.2) is 5.65 Å². The molecule has 4 aromatic rings. The third-order valence-electron chi connectivity index (χ3n) is 5.84. The maximum atomic E-state index is 12.8. The van der Waals surface area contributed by atoms with Crippen LogP contribution in [0.25, 0.3) is 27.8 Å². The SMILES string of the molecule is CCCC(C(=O)OC)c1c(C)nc2cc(C(C)(C)C)nn2c1-c1ccc2cc[nH]c2c1. The standard InChI is InChI=1S/C25H30N4O2/c1-7-8-18(24(30)31-6)22-15(2)27-21-14-20(25(3,4)5)28-29(21)23(22)17-10-9-16-11-12-26-19(16)13-17/h9-14,18,26H,7-8H2,1-6H3. The van der Waals surface area contributed by atoms with E-state index < -0.39 is 5.92 Å². The summed E-state index contributed by atoms with van der Waals surface area (Å²) >= 11 is 0. The fourth-order valence-corrected chi connectivity index (χ4v) is 4.20. The maximum Gasteiger partial charge on any atom is 0.313 e. The second-order valence-corrected chi connectivity index (χ2v) is 9.15. The molecule has 6 heteroatoms. The topological polar surface area (TPSA) is 72.3 Å². The molecule has 1 N–H and O–H groups in total. The Bertz CT molecular complexity index is 1260. The van der Waals surface area contributed by atoms with Gasteiger partial charge >= 0.3 is 5.97 Å². The molecule has 31 heavy (non-hydrogen) atoms. The van der Waals surface area contributed by atoms with Crippen LogP contribution in [0, 0.1) is 6.92 Å². The average molecular weight is 419 g/mol. The molecule has 3 aromatic heterocycles. The Kier molecular flexibility index (Phi) is 5.33. The first-order chi connectivity index (χ1) is 14.7. The van der Waals surface area contributed by atoms with Crippen molar-refractivity contribution in [3.05, 3.63) is 53.5 Å². The quantitative estimate of drug-likeness (QED) is 0.432. The number of esters is 1. The molecule has 1 atom stereocenters. The first kappa shape index (κ1) is 21.1. The number of H-pyrrole nitrogens is 1. The molecule has 1 aromatic carbocycles. The van der Waals surface area contributed by atoms with Crippen molar-refractivity contribution in [2.45, 2.75) is 58.8 Å². The Morgan fingerprint density at radius 3 is 2.68 bits per heavy atom. The van der Waals surface area contributed by atoms with Gasteiger partial charge in [0.1, 0.15) is 0 Å². The van der Waals surface area contributed by atoms with Gasteiger partial charge in [-0.1, -0.05) is 46.2 Å². The number of aromatic amines is 1. The van der Waals surface area contributed by atoms with Crippen LogP contribution in [0.2, 0.25) is 0 Å². The summed E-state index contributed by atoms with van der Waals surface area (Å²) in [5, 5.41) is 6.09. The molecular formula is C25H30N4O2. The highest BCUT2D eigenvalue weighted by Gasteiger charge is 2.30. The third kappa shape index (κ3) is 3.71. The molecular weight excluding hydrogens is 388 g/mol. The Labute approximate surface area is 182 Å². The van der Waals surface area contributed by atoms with Gasteiger partial charge in [0.25, 0.3) is 0 Å². The van der Waals surface area contributed by atoms with Gasteiger partial charge in [0, 0.05) is 40.0 Å². The zero-order chi connectivity index (χ0) is 22.3. The minimum absolute atomic E-state index is 0.117. The third-order valence-corrected chi connectivity index (χ3v) is 5.84. The van der Waals surface area contributed by atoms with Crippen LogP contribution in [0.5, 0.6) is 0 Å². The summed E-state index contributed by atoms with van der Waals surface area (Å²) in [6.07, 6.45) is 3.48. The van der Waals surface area contributed by atoms with Crippen molar-refractivity contribution in [3.8, 4) is 11.3 Å². The van der Waals surface area contributed by atoms with Crippen LogP contribution in [0.4, 0.5) is 0 Å². The van der Waals surface area contributed by atoms with E-state index in [2.05, 4.69) is 50.9 Å². The normalized spacial score (nSPS) is 13.1. The van der Waals surface area contributed by atoms with E-state index in [4.69, 9.17) is 14.8 Å². The minimum atomic E-state index is -0.400. The number of hydrogen-bond acceptors (Lipinski definition) is 4. The van der Waals surface area contributed by atoms with Gasteiger partial charge in [0.2, 0.25) is 0 Å². The summed E-state index contributed by atoms with van der Waals surface area (Å²) in [7, 11) is 1.45. The van der Waals surface area contributed by atoms with Crippen LogP contribution in [0.3, 0.4) is 0 Å². The lowest BCUT2D eigenvalue weighted by Crippen LogP contribution is -2.19. The minimum Gasteiger partial charge on any atom is -0.469 e. The van der Waals surface area contributed by atoms with Crippen molar-refractivity contribution in [3.63, 3.8) is 0 Å². The monoisotopic (exact) mass is 418 g/mol. The van der Waals surface area contributed by atoms with Crippen LogP contribution in [0.15, 0.2) is 36.5 Å². The van der Waals surface area contributed by atoms with Crippen LogP contribution < -0.4 is 0 Å². The lowest BCUT2D eigenvalue weighted by molar-refractivity contribution is -0.142. The number of aromatic nitrogens is 4. The summed E-state index contributed by atoms with van der Waals surface area (Å²) in [5.74, 6) is -0.639. The molecule has 0 aliphatic rings. The van der Waals surface area contributed by atoms with Crippen LogP contribution in [-0.4, -0.2) is 32.7 Å². The van der Waals surface area contributed by atoms with E-state index in [0.717, 1.165) is 51.2 Å². The molecule has 0 fully saturated rings. The summed E-state index contributed by atoms with van der Waals surface area (Å²) in [5.41, 5.74) is 6.28. The van der Waals surface area contributed by atoms with Gasteiger partial charge < -0.3 is 9.72 Å². The van der Waals surface area contributed by atoms with Crippen molar-refractivity contribution < 1.29 is 9.53 Å². The second kappa shape index (κ2) is 7.84. The Hall–Kier alpha value is -3.15. The summed E-state index contributed by atoms with van der Waals surface area (Å²) in [6, 6.07) is 10.4. The number of hydrogen-bond donors (Lipinski definition) is 1. The van der Waals surface area contributed by atoms with Gasteiger partial charge in [-0.15, -0.1) is 0 Å². The zero-order valence-corrected chi connectivity index (χ0v) is 19.1. The number of ether oxygens (including phenoxy) is 1. The number of carbonyl (C=O) groups is 1. The highest BCUT2D eigenvalue weighted by molar-refractivity contribution is 5.87. The largest absolute Gasteiger partial charge is 0.469 e. The molecule has 0 bridgehead atoms. The van der Waals surface area contributed by atoms with Crippen LogP contribution >= 0.6 is 0 Å². The molecule has 0 amide bonds. The zero-order valence-electron chi connectivity index (χ0n) is 19.1. The van der Waals surface area contributed by atoms with Gasteiger partial charge in [-0.2, -0.15) is 5.10 Å². The fraction of sp³-hybridized carbons (Fsp3) is 0.400. The number of benzene rings is 1. The molecule has 0 aliphatic heterocycles. The summed E-state index contributed by atoms with van der Waals surface area (Å²) in [4.78, 5) is 21.0. The Balaban J connectivity index is 2.08. The van der Waals surface area contributed by atoms with Gasteiger partial charge in [-0.05, 0) is 30.9 Å². The molecule has 0 radical (unpaired) electrons. The van der Waals surface area contributed by atoms with Crippen molar-refractivity contribution in [2.24, 2.45) is 0 Å². The number of aryl methyl sites for hydroxylation is 1. The summed E-state index contributed by atoms with van der Waals surface area (Å²) in [6.45, 7) is 10.5. The number of nitrogens with zero attached hydrogens (tertiary/aromatic N) is 3. The van der Waals surface area contributed by atoms with Crippen molar-refractivity contribution >= 4 is 22.5 Å². The predicted molar refractivity (Wildman–Crippen MR) is 123 cm³/mol. The van der Waals surface area contributed by atoms with E-state index in [0.29, 0.717) is 6.42 Å². The van der Waals surface area contributed by atoms with Gasteiger partial charge in [-0.3, -0.25) is 4.79 Å². The Morgan fingerprint density at radius 1 is 1.23 bits per heavy atom. The maximum absolute atomic E-state index is 12.8. The van der Waals surface area contributed by atoms with Crippen LogP contribution in [0.1, 0.15) is 63.4 Å². The van der Waals surface area contributed by atoms with Crippen molar-refractivity contribution in [1.82, 2.24) is 19.6 Å². The van der Waals surface area contributed by atoms with Gasteiger partial charge in [0.05, 0.1) is 24.4 Å². The van der Waals surface area contributed by atoms with Crippen LogP contribution in [-0.2, 0) is 14.9 Å². The Morgan fingerprint density at radius 2 is 2.00 bits per heavy atom. The highest BCUT2D eigenvalue weighted by atomic mass is 16.5. The lowest BCUT2D eigenvalue weighted by Gasteiger charge is -2.21. The second-order valence-electron chi connectivity index (χ2n) is 9.15. The molecule has 0 saturated heterocycles. The van der Waals surface area contributed by atoms with E-state index in [1.165, 1.54) is 7.11 Å². The first-order valence-electron chi connectivity index (χ1n) is 10.8. The number of fused-ring (bicyclic) bond motifs is 2. The molecule has 0 aliphatic carbocycles. The molecule has 162 valence electrons. The average Bonchev–Trinajstić information content (AvgIpc) is 3.36.